The number of anilines is 1. The van der Waals surface area contributed by atoms with Gasteiger partial charge in [0.05, 0.1) is 30.6 Å². The van der Waals surface area contributed by atoms with E-state index in [2.05, 4.69) is 19.8 Å². The van der Waals surface area contributed by atoms with Crippen LogP contribution in [-0.4, -0.2) is 60.8 Å². The molecule has 0 aromatic carbocycles. The highest BCUT2D eigenvalue weighted by molar-refractivity contribution is 6.30. The quantitative estimate of drug-likeness (QED) is 0.850. The zero-order valence-electron chi connectivity index (χ0n) is 12.2. The van der Waals surface area contributed by atoms with Crippen molar-refractivity contribution in [2.75, 3.05) is 50.8 Å². The third kappa shape index (κ3) is 2.51. The molecule has 0 amide bonds. The largest absolute Gasteiger partial charge is 0.380 e. The Morgan fingerprint density at radius 3 is 2.81 bits per heavy atom. The summed E-state index contributed by atoms with van der Waals surface area (Å²) in [5, 5.41) is 0.591. The van der Waals surface area contributed by atoms with Crippen molar-refractivity contribution in [3.63, 3.8) is 0 Å². The minimum absolute atomic E-state index is 0.257. The maximum Gasteiger partial charge on any atom is 0.225 e. The van der Waals surface area contributed by atoms with Crippen LogP contribution in [0.3, 0.4) is 0 Å². The average Bonchev–Trinajstić information content (AvgIpc) is 3.15. The van der Waals surface area contributed by atoms with Gasteiger partial charge < -0.3 is 14.5 Å². The van der Waals surface area contributed by atoms with Crippen LogP contribution in [0.15, 0.2) is 12.4 Å². The van der Waals surface area contributed by atoms with E-state index in [1.807, 2.05) is 0 Å². The molecule has 21 heavy (non-hydrogen) atoms. The third-order valence-corrected chi connectivity index (χ3v) is 5.34. The average molecular weight is 309 g/mol. The molecule has 1 aromatic heterocycles. The molecule has 0 aliphatic carbocycles. The minimum atomic E-state index is 0.257. The first-order valence-electron chi connectivity index (χ1n) is 7.78. The maximum atomic E-state index is 5.88. The lowest BCUT2D eigenvalue weighted by Gasteiger charge is -2.31. The predicted octanol–water partition coefficient (Wildman–Crippen LogP) is 1.68. The molecule has 0 unspecified atom stereocenters. The lowest BCUT2D eigenvalue weighted by Crippen LogP contribution is -2.42. The molecule has 6 heteroatoms. The van der Waals surface area contributed by atoms with Gasteiger partial charge in [0, 0.05) is 31.0 Å². The number of likely N-dealkylation sites (tertiary alicyclic amines) is 1. The highest BCUT2D eigenvalue weighted by atomic mass is 35.5. The number of aromatic nitrogens is 2. The second-order valence-corrected chi connectivity index (χ2v) is 7.08. The van der Waals surface area contributed by atoms with E-state index in [4.69, 9.17) is 16.3 Å². The monoisotopic (exact) mass is 308 g/mol. The van der Waals surface area contributed by atoms with Gasteiger partial charge in [0.1, 0.15) is 0 Å². The standard InChI is InChI=1S/C15H21ClN4O/c16-13-5-17-14(18-6-13)20-7-12-8-21-11-15(12,10-20)9-19-3-1-2-4-19/h5-6,12H,1-4,7-11H2/t12-,15+/m1/s1. The molecule has 4 heterocycles. The molecule has 3 aliphatic rings. The lowest BCUT2D eigenvalue weighted by atomic mass is 9.80. The van der Waals surface area contributed by atoms with Crippen LogP contribution in [0.2, 0.25) is 5.02 Å². The van der Waals surface area contributed by atoms with Gasteiger partial charge in [-0.15, -0.1) is 0 Å². The summed E-state index contributed by atoms with van der Waals surface area (Å²) in [5.74, 6) is 1.40. The number of nitrogens with zero attached hydrogens (tertiary/aromatic N) is 4. The Balaban J connectivity index is 1.52. The summed E-state index contributed by atoms with van der Waals surface area (Å²) in [7, 11) is 0. The molecule has 3 aliphatic heterocycles. The number of fused-ring (bicyclic) bond motifs is 1. The SMILES string of the molecule is Clc1cnc(N2C[C@@H]3COC[C@]3(CN3CCCC3)C2)nc1. The molecule has 4 rings (SSSR count). The van der Waals surface area contributed by atoms with Crippen molar-refractivity contribution in [2.45, 2.75) is 12.8 Å². The number of hydrogen-bond donors (Lipinski definition) is 0. The van der Waals surface area contributed by atoms with Crippen molar-refractivity contribution >= 4 is 17.5 Å². The van der Waals surface area contributed by atoms with E-state index in [-0.39, 0.29) is 5.41 Å². The number of halogens is 1. The van der Waals surface area contributed by atoms with Gasteiger partial charge in [0.15, 0.2) is 0 Å². The topological polar surface area (TPSA) is 41.5 Å². The summed E-state index contributed by atoms with van der Waals surface area (Å²) in [5.41, 5.74) is 0.257. The molecule has 0 N–H and O–H groups in total. The van der Waals surface area contributed by atoms with E-state index in [0.29, 0.717) is 10.9 Å². The van der Waals surface area contributed by atoms with Gasteiger partial charge in [-0.1, -0.05) is 11.6 Å². The molecular weight excluding hydrogens is 288 g/mol. The summed E-state index contributed by atoms with van der Waals surface area (Å²) in [6, 6.07) is 0. The molecule has 0 spiro atoms. The van der Waals surface area contributed by atoms with Gasteiger partial charge in [-0.2, -0.15) is 0 Å². The van der Waals surface area contributed by atoms with Crippen molar-refractivity contribution in [3.05, 3.63) is 17.4 Å². The number of rotatable bonds is 3. The maximum absolute atomic E-state index is 5.88. The van der Waals surface area contributed by atoms with Crippen LogP contribution in [0.25, 0.3) is 0 Å². The second kappa shape index (κ2) is 5.38. The van der Waals surface area contributed by atoms with Crippen LogP contribution in [-0.2, 0) is 4.74 Å². The molecular formula is C15H21ClN4O. The molecule has 114 valence electrons. The van der Waals surface area contributed by atoms with Gasteiger partial charge in [-0.3, -0.25) is 0 Å². The van der Waals surface area contributed by atoms with Crippen molar-refractivity contribution in [1.82, 2.24) is 14.9 Å². The van der Waals surface area contributed by atoms with E-state index in [9.17, 15) is 0 Å². The summed E-state index contributed by atoms with van der Waals surface area (Å²) in [6.07, 6.45) is 6.04. The Morgan fingerprint density at radius 2 is 2.05 bits per heavy atom. The van der Waals surface area contributed by atoms with Gasteiger partial charge >= 0.3 is 0 Å². The number of hydrogen-bond acceptors (Lipinski definition) is 5. The molecule has 0 radical (unpaired) electrons. The van der Waals surface area contributed by atoms with Gasteiger partial charge in [0.2, 0.25) is 5.95 Å². The van der Waals surface area contributed by atoms with E-state index in [1.54, 1.807) is 12.4 Å². The summed E-state index contributed by atoms with van der Waals surface area (Å²) < 4.78 is 5.81. The van der Waals surface area contributed by atoms with Gasteiger partial charge in [0.25, 0.3) is 0 Å². The fourth-order valence-electron chi connectivity index (χ4n) is 4.06. The summed E-state index contributed by atoms with van der Waals surface area (Å²) in [6.45, 7) is 7.38. The molecule has 0 bridgehead atoms. The van der Waals surface area contributed by atoms with Crippen LogP contribution in [0.4, 0.5) is 5.95 Å². The van der Waals surface area contributed by atoms with Gasteiger partial charge in [-0.25, -0.2) is 9.97 Å². The van der Waals surface area contributed by atoms with Crippen LogP contribution in [0.5, 0.6) is 0 Å². The normalized spacial score (nSPS) is 32.8. The molecule has 3 saturated heterocycles. The fourth-order valence-corrected chi connectivity index (χ4v) is 4.16. The zero-order chi connectivity index (χ0) is 14.3. The minimum Gasteiger partial charge on any atom is -0.380 e. The van der Waals surface area contributed by atoms with Crippen LogP contribution >= 0.6 is 11.6 Å². The zero-order valence-corrected chi connectivity index (χ0v) is 12.9. The summed E-state index contributed by atoms with van der Waals surface area (Å²) in [4.78, 5) is 13.7. The van der Waals surface area contributed by atoms with E-state index >= 15 is 0 Å². The van der Waals surface area contributed by atoms with E-state index in [0.717, 1.165) is 38.8 Å². The van der Waals surface area contributed by atoms with Crippen LogP contribution < -0.4 is 4.90 Å². The molecule has 3 fully saturated rings. The molecule has 2 atom stereocenters. The first-order valence-corrected chi connectivity index (χ1v) is 8.16. The Hall–Kier alpha value is -0.910. The first kappa shape index (κ1) is 13.7. The van der Waals surface area contributed by atoms with Crippen molar-refractivity contribution < 1.29 is 4.74 Å². The third-order valence-electron chi connectivity index (χ3n) is 5.15. The molecule has 5 nitrogen and oxygen atoms in total. The molecule has 0 saturated carbocycles. The highest BCUT2D eigenvalue weighted by Gasteiger charge is 2.52. The van der Waals surface area contributed by atoms with Gasteiger partial charge in [-0.05, 0) is 25.9 Å². The fraction of sp³-hybridized carbons (Fsp3) is 0.733. The van der Waals surface area contributed by atoms with Crippen LogP contribution in [0, 0.1) is 11.3 Å². The Bertz CT molecular complexity index is 505. The Kier molecular flexibility index (Phi) is 3.52. The van der Waals surface area contributed by atoms with E-state index in [1.165, 1.54) is 25.9 Å². The van der Waals surface area contributed by atoms with E-state index < -0.39 is 0 Å². The lowest BCUT2D eigenvalue weighted by molar-refractivity contribution is 0.126. The van der Waals surface area contributed by atoms with Crippen LogP contribution in [0.1, 0.15) is 12.8 Å². The Labute approximate surface area is 130 Å². The van der Waals surface area contributed by atoms with Crippen molar-refractivity contribution in [2.24, 2.45) is 11.3 Å². The first-order chi connectivity index (χ1) is 10.3. The van der Waals surface area contributed by atoms with Crippen molar-refractivity contribution in [1.29, 1.82) is 0 Å². The highest BCUT2D eigenvalue weighted by Crippen LogP contribution is 2.43. The number of ether oxygens (including phenoxy) is 1. The smallest absolute Gasteiger partial charge is 0.225 e. The summed E-state index contributed by atoms with van der Waals surface area (Å²) >= 11 is 5.88. The molecule has 1 aromatic rings. The predicted molar refractivity (Wildman–Crippen MR) is 81.7 cm³/mol. The van der Waals surface area contributed by atoms with Crippen molar-refractivity contribution in [3.8, 4) is 0 Å². The second-order valence-electron chi connectivity index (χ2n) is 6.64. The Morgan fingerprint density at radius 1 is 1.29 bits per heavy atom.